The second kappa shape index (κ2) is 5.85. The van der Waals surface area contributed by atoms with Crippen LogP contribution in [0.15, 0.2) is 11.6 Å². The Morgan fingerprint density at radius 2 is 1.84 bits per heavy atom. The van der Waals surface area contributed by atoms with Gasteiger partial charge in [-0.2, -0.15) is 13.2 Å². The maximum Gasteiger partial charge on any atom is 0.395 e. The second-order valence-electron chi connectivity index (χ2n) is 9.33. The summed E-state index contributed by atoms with van der Waals surface area (Å²) in [5.41, 5.74) is 1.23. The molecule has 0 amide bonds. The molecule has 7 atom stereocenters. The maximum atomic E-state index is 13.1. The highest BCUT2D eigenvalue weighted by molar-refractivity contribution is 5.79. The molecule has 0 aromatic heterocycles. The smallest absolute Gasteiger partial charge is 0.300 e. The van der Waals surface area contributed by atoms with Gasteiger partial charge in [-0.1, -0.05) is 18.6 Å². The summed E-state index contributed by atoms with van der Waals surface area (Å²) in [7, 11) is 0. The summed E-state index contributed by atoms with van der Waals surface area (Å²) in [5.74, 6) is 1.46. The molecular weight excluding hydrogens is 325 g/mol. The van der Waals surface area contributed by atoms with Crippen molar-refractivity contribution in [2.45, 2.75) is 71.4 Å². The number of carbonyl (C=O) groups is 1. The maximum absolute atomic E-state index is 13.1. The monoisotopic (exact) mass is 354 g/mol. The van der Waals surface area contributed by atoms with Crippen LogP contribution >= 0.6 is 0 Å². The van der Waals surface area contributed by atoms with Gasteiger partial charge in [0.1, 0.15) is 5.78 Å². The molecule has 3 fully saturated rings. The number of carbonyl (C=O) groups excluding carboxylic acids is 1. The number of fused-ring (bicyclic) bond motifs is 5. The molecule has 4 aliphatic carbocycles. The van der Waals surface area contributed by atoms with Gasteiger partial charge in [-0.05, 0) is 87.4 Å². The van der Waals surface area contributed by atoms with Gasteiger partial charge in [0.15, 0.2) is 0 Å². The number of hydrogen-bond acceptors (Lipinski definition) is 1. The highest BCUT2D eigenvalue weighted by Crippen LogP contribution is 2.64. The van der Waals surface area contributed by atoms with Crippen LogP contribution in [-0.4, -0.2) is 12.0 Å². The average Bonchev–Trinajstić information content (AvgIpc) is 2.90. The van der Waals surface area contributed by atoms with Gasteiger partial charge in [0, 0.05) is 5.92 Å². The Morgan fingerprint density at radius 1 is 1.08 bits per heavy atom. The number of rotatable bonds is 1. The number of hydrogen-bond donors (Lipinski definition) is 0. The molecule has 0 aromatic carbocycles. The summed E-state index contributed by atoms with van der Waals surface area (Å²) in [5, 5.41) is 0. The molecule has 0 aromatic rings. The standard InChI is InChI=1S/C21H29F3O/c1-12(25)18-7-8-19-17-5-3-13-11-14(21(22,23)24)4-6-15(13)16(17)9-10-20(18,19)2/h11,14-19H,3-10H2,1-2H3. The molecule has 0 radical (unpaired) electrons. The van der Waals surface area contributed by atoms with E-state index in [1.165, 1.54) is 0 Å². The molecule has 0 N–H and O–H groups in total. The fraction of sp³-hybridized carbons (Fsp3) is 0.857. The van der Waals surface area contributed by atoms with Crippen molar-refractivity contribution < 1.29 is 18.0 Å². The van der Waals surface area contributed by atoms with Crippen LogP contribution in [0.1, 0.15) is 65.2 Å². The van der Waals surface area contributed by atoms with Crippen LogP contribution in [0.5, 0.6) is 0 Å². The Balaban J connectivity index is 1.57. The highest BCUT2D eigenvalue weighted by atomic mass is 19.4. The zero-order valence-corrected chi connectivity index (χ0v) is 15.2. The summed E-state index contributed by atoms with van der Waals surface area (Å²) in [6, 6.07) is 0. The van der Waals surface area contributed by atoms with Crippen molar-refractivity contribution in [1.82, 2.24) is 0 Å². The lowest BCUT2D eigenvalue weighted by Crippen LogP contribution is -2.47. The Hall–Kier alpha value is -0.800. The van der Waals surface area contributed by atoms with E-state index in [1.54, 1.807) is 13.0 Å². The van der Waals surface area contributed by atoms with Crippen LogP contribution in [0.3, 0.4) is 0 Å². The topological polar surface area (TPSA) is 17.1 Å². The minimum absolute atomic E-state index is 0.136. The van der Waals surface area contributed by atoms with Crippen LogP contribution in [0.4, 0.5) is 13.2 Å². The van der Waals surface area contributed by atoms with Crippen molar-refractivity contribution in [3.05, 3.63) is 11.6 Å². The Bertz CT molecular complexity index is 592. The molecule has 0 spiro atoms. The lowest BCUT2D eigenvalue weighted by molar-refractivity contribution is -0.166. The van der Waals surface area contributed by atoms with E-state index in [-0.39, 0.29) is 17.8 Å². The van der Waals surface area contributed by atoms with E-state index >= 15 is 0 Å². The average molecular weight is 354 g/mol. The fourth-order valence-corrected chi connectivity index (χ4v) is 7.26. The summed E-state index contributed by atoms with van der Waals surface area (Å²) in [6.45, 7) is 4.06. The van der Waals surface area contributed by atoms with Crippen molar-refractivity contribution in [1.29, 1.82) is 0 Å². The predicted octanol–water partition coefficient (Wildman–Crippen LogP) is 5.94. The molecule has 0 heterocycles. The first-order valence-electron chi connectivity index (χ1n) is 9.99. The van der Waals surface area contributed by atoms with Crippen molar-refractivity contribution in [2.75, 3.05) is 0 Å². The van der Waals surface area contributed by atoms with E-state index in [9.17, 15) is 18.0 Å². The first-order valence-corrected chi connectivity index (χ1v) is 9.99. The van der Waals surface area contributed by atoms with E-state index in [4.69, 9.17) is 0 Å². The number of Topliss-reactive ketones (excluding diaryl/α,β-unsaturated/α-hetero) is 1. The van der Waals surface area contributed by atoms with Crippen molar-refractivity contribution in [3.8, 4) is 0 Å². The number of allylic oxidation sites excluding steroid dienone is 2. The molecule has 3 saturated carbocycles. The normalized spacial score (nSPS) is 46.7. The van der Waals surface area contributed by atoms with Gasteiger partial charge in [-0.3, -0.25) is 4.79 Å². The Labute approximate surface area is 148 Å². The van der Waals surface area contributed by atoms with E-state index in [0.29, 0.717) is 35.9 Å². The molecule has 140 valence electrons. The quantitative estimate of drug-likeness (QED) is 0.532. The summed E-state index contributed by atoms with van der Waals surface area (Å²) < 4.78 is 39.3. The molecule has 4 aliphatic rings. The molecule has 1 nitrogen and oxygen atoms in total. The van der Waals surface area contributed by atoms with Gasteiger partial charge in [-0.25, -0.2) is 0 Å². The third-order valence-corrected chi connectivity index (χ3v) is 8.37. The van der Waals surface area contributed by atoms with Crippen molar-refractivity contribution >= 4 is 5.78 Å². The Kier molecular flexibility index (Phi) is 4.12. The van der Waals surface area contributed by atoms with Gasteiger partial charge in [0.25, 0.3) is 0 Å². The minimum Gasteiger partial charge on any atom is -0.300 e. The predicted molar refractivity (Wildman–Crippen MR) is 90.8 cm³/mol. The van der Waals surface area contributed by atoms with Gasteiger partial charge in [-0.15, -0.1) is 0 Å². The largest absolute Gasteiger partial charge is 0.395 e. The van der Waals surface area contributed by atoms with Gasteiger partial charge >= 0.3 is 6.18 Å². The zero-order chi connectivity index (χ0) is 18.0. The van der Waals surface area contributed by atoms with Crippen molar-refractivity contribution in [3.63, 3.8) is 0 Å². The third-order valence-electron chi connectivity index (χ3n) is 8.37. The first-order chi connectivity index (χ1) is 11.7. The number of ketones is 1. The summed E-state index contributed by atoms with van der Waals surface area (Å²) in [4.78, 5) is 12.1. The summed E-state index contributed by atoms with van der Waals surface area (Å²) >= 11 is 0. The van der Waals surface area contributed by atoms with Crippen LogP contribution in [0.2, 0.25) is 0 Å². The second-order valence-corrected chi connectivity index (χ2v) is 9.33. The molecular formula is C21H29F3O. The number of alkyl halides is 3. The zero-order valence-electron chi connectivity index (χ0n) is 15.2. The highest BCUT2D eigenvalue weighted by Gasteiger charge is 2.57. The molecule has 0 aliphatic heterocycles. The van der Waals surface area contributed by atoms with Crippen molar-refractivity contribution in [2.24, 2.45) is 40.9 Å². The SMILES string of the molecule is CC(=O)C1CCC2C3CCC4=CC(C(F)(F)F)CCC4C3CCC12C. The van der Waals surface area contributed by atoms with Gasteiger partial charge < -0.3 is 0 Å². The molecule has 0 saturated heterocycles. The molecule has 0 bridgehead atoms. The van der Waals surface area contributed by atoms with Crippen LogP contribution in [0.25, 0.3) is 0 Å². The summed E-state index contributed by atoms with van der Waals surface area (Å²) in [6.07, 6.45) is 4.66. The third kappa shape index (κ3) is 2.70. The van der Waals surface area contributed by atoms with Crippen LogP contribution in [-0.2, 0) is 4.79 Å². The fourth-order valence-electron chi connectivity index (χ4n) is 7.26. The molecule has 4 rings (SSSR count). The lowest BCUT2D eigenvalue weighted by atomic mass is 9.51. The Morgan fingerprint density at radius 3 is 2.52 bits per heavy atom. The van der Waals surface area contributed by atoms with E-state index in [2.05, 4.69) is 6.92 Å². The van der Waals surface area contributed by atoms with Crippen LogP contribution < -0.4 is 0 Å². The molecule has 7 unspecified atom stereocenters. The van der Waals surface area contributed by atoms with Gasteiger partial charge in [0.2, 0.25) is 0 Å². The minimum atomic E-state index is -4.08. The van der Waals surface area contributed by atoms with E-state index in [1.807, 2.05) is 0 Å². The lowest BCUT2D eigenvalue weighted by Gasteiger charge is -2.54. The van der Waals surface area contributed by atoms with Crippen LogP contribution in [0, 0.1) is 40.9 Å². The van der Waals surface area contributed by atoms with E-state index < -0.39 is 12.1 Å². The molecule has 25 heavy (non-hydrogen) atoms. The number of halogens is 3. The van der Waals surface area contributed by atoms with Gasteiger partial charge in [0.05, 0.1) is 5.92 Å². The first kappa shape index (κ1) is 17.6. The van der Waals surface area contributed by atoms with E-state index in [0.717, 1.165) is 44.1 Å². The molecule has 4 heteroatoms.